The molecule has 0 unspecified atom stereocenters. The van der Waals surface area contributed by atoms with E-state index in [9.17, 15) is 14.7 Å². The standard InChI is InChI=1S/C17H16O5/c1-21-16(19)12-8-6-11(7-9-12)15(18)13-4-3-5-14(10-13)17(20)22-2/h3-10,15,18H,1-2H3/t15-/m1/s1. The molecule has 2 rings (SSSR count). The molecule has 2 aromatic rings. The summed E-state index contributed by atoms with van der Waals surface area (Å²) in [5.74, 6) is -0.899. The minimum atomic E-state index is -0.906. The van der Waals surface area contributed by atoms with Crippen LogP contribution in [0.2, 0.25) is 0 Å². The number of hydrogen-bond acceptors (Lipinski definition) is 5. The second kappa shape index (κ2) is 6.87. The average molecular weight is 300 g/mol. The van der Waals surface area contributed by atoms with Crippen molar-refractivity contribution in [3.8, 4) is 0 Å². The molecule has 1 atom stereocenters. The third-order valence-electron chi connectivity index (χ3n) is 3.27. The third-order valence-corrected chi connectivity index (χ3v) is 3.27. The van der Waals surface area contributed by atoms with E-state index >= 15 is 0 Å². The Morgan fingerprint density at radius 3 is 2.05 bits per heavy atom. The minimum absolute atomic E-state index is 0.366. The van der Waals surface area contributed by atoms with Gasteiger partial charge in [-0.05, 0) is 35.4 Å². The zero-order valence-corrected chi connectivity index (χ0v) is 12.3. The van der Waals surface area contributed by atoms with E-state index in [4.69, 9.17) is 0 Å². The lowest BCUT2D eigenvalue weighted by Gasteiger charge is -2.13. The van der Waals surface area contributed by atoms with Crippen molar-refractivity contribution in [2.24, 2.45) is 0 Å². The van der Waals surface area contributed by atoms with E-state index in [1.807, 2.05) is 0 Å². The lowest BCUT2D eigenvalue weighted by molar-refractivity contribution is 0.0591. The van der Waals surface area contributed by atoms with Gasteiger partial charge in [0.1, 0.15) is 6.10 Å². The van der Waals surface area contributed by atoms with Crippen molar-refractivity contribution in [1.29, 1.82) is 0 Å². The molecule has 0 bridgehead atoms. The number of ether oxygens (including phenoxy) is 2. The quantitative estimate of drug-likeness (QED) is 0.877. The summed E-state index contributed by atoms with van der Waals surface area (Å²) in [6, 6.07) is 13.0. The molecule has 0 radical (unpaired) electrons. The van der Waals surface area contributed by atoms with Gasteiger partial charge in [-0.2, -0.15) is 0 Å². The Labute approximate surface area is 128 Å². The van der Waals surface area contributed by atoms with Gasteiger partial charge in [0, 0.05) is 0 Å². The van der Waals surface area contributed by atoms with Crippen LogP contribution in [-0.4, -0.2) is 31.3 Å². The summed E-state index contributed by atoms with van der Waals surface area (Å²) in [4.78, 5) is 22.9. The van der Waals surface area contributed by atoms with Crippen LogP contribution in [0.3, 0.4) is 0 Å². The number of hydrogen-bond donors (Lipinski definition) is 1. The maximum absolute atomic E-state index is 11.5. The number of rotatable bonds is 4. The fourth-order valence-electron chi connectivity index (χ4n) is 2.07. The molecule has 0 aliphatic heterocycles. The number of carbonyl (C=O) groups excluding carboxylic acids is 2. The molecule has 0 aliphatic rings. The molecule has 0 spiro atoms. The maximum atomic E-state index is 11.5. The van der Waals surface area contributed by atoms with Crippen LogP contribution in [0.4, 0.5) is 0 Å². The molecular weight excluding hydrogens is 284 g/mol. The van der Waals surface area contributed by atoms with Crippen LogP contribution in [0, 0.1) is 0 Å². The molecule has 2 aromatic carbocycles. The molecule has 0 heterocycles. The van der Waals surface area contributed by atoms with Gasteiger partial charge in [0.25, 0.3) is 0 Å². The zero-order valence-electron chi connectivity index (χ0n) is 12.3. The second-order valence-corrected chi connectivity index (χ2v) is 4.63. The van der Waals surface area contributed by atoms with Crippen LogP contribution >= 0.6 is 0 Å². The van der Waals surface area contributed by atoms with E-state index in [1.165, 1.54) is 14.2 Å². The Hall–Kier alpha value is -2.66. The van der Waals surface area contributed by atoms with Crippen molar-refractivity contribution < 1.29 is 24.2 Å². The van der Waals surface area contributed by atoms with Gasteiger partial charge >= 0.3 is 11.9 Å². The topological polar surface area (TPSA) is 72.8 Å². The second-order valence-electron chi connectivity index (χ2n) is 4.63. The first-order valence-corrected chi connectivity index (χ1v) is 6.61. The average Bonchev–Trinajstić information content (AvgIpc) is 2.59. The SMILES string of the molecule is COC(=O)c1ccc([C@@H](O)c2cccc(C(=O)OC)c2)cc1. The summed E-state index contributed by atoms with van der Waals surface area (Å²) < 4.78 is 9.28. The molecule has 5 nitrogen and oxygen atoms in total. The van der Waals surface area contributed by atoms with Crippen molar-refractivity contribution in [2.75, 3.05) is 14.2 Å². The smallest absolute Gasteiger partial charge is 0.337 e. The Bertz CT molecular complexity index is 676. The van der Waals surface area contributed by atoms with Crippen LogP contribution in [0.5, 0.6) is 0 Å². The van der Waals surface area contributed by atoms with Crippen molar-refractivity contribution in [2.45, 2.75) is 6.10 Å². The van der Waals surface area contributed by atoms with Gasteiger partial charge in [-0.25, -0.2) is 9.59 Å². The van der Waals surface area contributed by atoms with E-state index < -0.39 is 18.0 Å². The third kappa shape index (κ3) is 3.32. The molecule has 0 saturated heterocycles. The summed E-state index contributed by atoms with van der Waals surface area (Å²) in [6.07, 6.45) is -0.906. The van der Waals surface area contributed by atoms with E-state index in [0.717, 1.165) is 0 Å². The lowest BCUT2D eigenvalue weighted by atomic mass is 9.99. The summed E-state index contributed by atoms with van der Waals surface area (Å²) in [7, 11) is 2.61. The molecule has 22 heavy (non-hydrogen) atoms. The summed E-state index contributed by atoms with van der Waals surface area (Å²) in [5.41, 5.74) is 1.94. The highest BCUT2D eigenvalue weighted by Gasteiger charge is 2.14. The Morgan fingerprint density at radius 1 is 0.864 bits per heavy atom. The highest BCUT2D eigenvalue weighted by atomic mass is 16.5. The number of carbonyl (C=O) groups is 2. The maximum Gasteiger partial charge on any atom is 0.337 e. The van der Waals surface area contributed by atoms with E-state index in [2.05, 4.69) is 9.47 Å². The fraction of sp³-hybridized carbons (Fsp3) is 0.176. The first-order chi connectivity index (χ1) is 10.6. The predicted octanol–water partition coefficient (Wildman–Crippen LogP) is 2.34. The van der Waals surface area contributed by atoms with Crippen LogP contribution in [0.1, 0.15) is 37.9 Å². The molecule has 0 saturated carbocycles. The van der Waals surface area contributed by atoms with Crippen LogP contribution in [-0.2, 0) is 9.47 Å². The van der Waals surface area contributed by atoms with E-state index in [-0.39, 0.29) is 0 Å². The Morgan fingerprint density at radius 2 is 1.45 bits per heavy atom. The highest BCUT2D eigenvalue weighted by molar-refractivity contribution is 5.90. The number of aliphatic hydroxyl groups excluding tert-OH is 1. The normalized spacial score (nSPS) is 11.6. The molecule has 1 N–H and O–H groups in total. The monoisotopic (exact) mass is 300 g/mol. The molecule has 0 aromatic heterocycles. The first kappa shape index (κ1) is 15.7. The Kier molecular flexibility index (Phi) is 4.91. The van der Waals surface area contributed by atoms with Crippen molar-refractivity contribution in [3.05, 3.63) is 70.8 Å². The van der Waals surface area contributed by atoms with Gasteiger partial charge in [0.2, 0.25) is 0 Å². The first-order valence-electron chi connectivity index (χ1n) is 6.61. The number of aliphatic hydroxyl groups is 1. The van der Waals surface area contributed by atoms with Crippen molar-refractivity contribution >= 4 is 11.9 Å². The summed E-state index contributed by atoms with van der Waals surface area (Å²) >= 11 is 0. The highest BCUT2D eigenvalue weighted by Crippen LogP contribution is 2.23. The fourth-order valence-corrected chi connectivity index (χ4v) is 2.07. The Balaban J connectivity index is 2.26. The van der Waals surface area contributed by atoms with Gasteiger partial charge in [0.15, 0.2) is 0 Å². The van der Waals surface area contributed by atoms with Gasteiger partial charge in [-0.15, -0.1) is 0 Å². The van der Waals surface area contributed by atoms with Crippen molar-refractivity contribution in [3.63, 3.8) is 0 Å². The lowest BCUT2D eigenvalue weighted by Crippen LogP contribution is -2.06. The molecule has 0 fully saturated rings. The largest absolute Gasteiger partial charge is 0.465 e. The molecule has 0 amide bonds. The van der Waals surface area contributed by atoms with Crippen molar-refractivity contribution in [1.82, 2.24) is 0 Å². The number of esters is 2. The van der Waals surface area contributed by atoms with Crippen LogP contribution in [0.15, 0.2) is 48.5 Å². The van der Waals surface area contributed by atoms with Gasteiger partial charge in [0.05, 0.1) is 25.3 Å². The van der Waals surface area contributed by atoms with E-state index in [1.54, 1.807) is 48.5 Å². The number of methoxy groups -OCH3 is 2. The molecule has 114 valence electrons. The molecule has 5 heteroatoms. The molecule has 0 aliphatic carbocycles. The van der Waals surface area contributed by atoms with Crippen LogP contribution < -0.4 is 0 Å². The van der Waals surface area contributed by atoms with E-state index in [0.29, 0.717) is 22.3 Å². The minimum Gasteiger partial charge on any atom is -0.465 e. The van der Waals surface area contributed by atoms with Gasteiger partial charge in [-0.3, -0.25) is 0 Å². The van der Waals surface area contributed by atoms with Gasteiger partial charge < -0.3 is 14.6 Å². The zero-order chi connectivity index (χ0) is 16.1. The van der Waals surface area contributed by atoms with Crippen LogP contribution in [0.25, 0.3) is 0 Å². The molecular formula is C17H16O5. The van der Waals surface area contributed by atoms with Gasteiger partial charge in [-0.1, -0.05) is 24.3 Å². The summed E-state index contributed by atoms with van der Waals surface area (Å²) in [5, 5.41) is 10.4. The summed E-state index contributed by atoms with van der Waals surface area (Å²) in [6.45, 7) is 0. The number of benzene rings is 2. The predicted molar refractivity (Wildman–Crippen MR) is 79.6 cm³/mol.